The number of ketones is 2. The van der Waals surface area contributed by atoms with Gasteiger partial charge in [-0.2, -0.15) is 0 Å². The molecule has 2 heterocycles. The minimum atomic E-state index is 0.153. The second kappa shape index (κ2) is 7.95. The molecule has 0 spiro atoms. The Morgan fingerprint density at radius 1 is 1.06 bits per heavy atom. The number of Topliss-reactive ketones (excluding diaryl/α,β-unsaturated/α-hetero) is 2. The lowest BCUT2D eigenvalue weighted by molar-refractivity contribution is 0.0983. The Balaban J connectivity index is 0.000000184. The van der Waals surface area contributed by atoms with Crippen LogP contribution in [0.5, 0.6) is 0 Å². The van der Waals surface area contributed by atoms with Gasteiger partial charge in [0.25, 0.3) is 0 Å². The summed E-state index contributed by atoms with van der Waals surface area (Å²) in [6.07, 6.45) is 1.62. The van der Waals surface area contributed by atoms with E-state index < -0.39 is 0 Å². The third-order valence-corrected chi connectivity index (χ3v) is 4.02. The summed E-state index contributed by atoms with van der Waals surface area (Å²) < 4.78 is 0. The standard InChI is InChI=1S/C8H10OS.C6H6OS/c1-2-4-7(9)8-5-3-6-10-8;1-5(7)6-3-2-4-8-6/h3,5-6H,2,4H2,1H3;2-4H,1H3. The zero-order chi connectivity index (χ0) is 13.4. The molecule has 2 aromatic rings. The Morgan fingerprint density at radius 2 is 1.61 bits per heavy atom. The van der Waals surface area contributed by atoms with E-state index in [9.17, 15) is 9.59 Å². The van der Waals surface area contributed by atoms with E-state index >= 15 is 0 Å². The first-order valence-corrected chi connectivity index (χ1v) is 7.52. The fourth-order valence-electron chi connectivity index (χ4n) is 1.27. The van der Waals surface area contributed by atoms with Crippen LogP contribution in [0.1, 0.15) is 46.0 Å². The smallest absolute Gasteiger partial charge is 0.172 e. The van der Waals surface area contributed by atoms with Gasteiger partial charge in [-0.05, 0) is 36.2 Å². The molecule has 96 valence electrons. The van der Waals surface area contributed by atoms with Gasteiger partial charge in [-0.15, -0.1) is 22.7 Å². The van der Waals surface area contributed by atoms with Crippen molar-refractivity contribution < 1.29 is 9.59 Å². The predicted molar refractivity (Wildman–Crippen MR) is 77.9 cm³/mol. The maximum Gasteiger partial charge on any atom is 0.172 e. The summed E-state index contributed by atoms with van der Waals surface area (Å²) in [6.45, 7) is 3.59. The van der Waals surface area contributed by atoms with E-state index in [1.807, 2.05) is 41.9 Å². The summed E-state index contributed by atoms with van der Waals surface area (Å²) in [5, 5.41) is 3.83. The van der Waals surface area contributed by atoms with Crippen LogP contribution in [0.25, 0.3) is 0 Å². The van der Waals surface area contributed by atoms with E-state index in [1.165, 1.54) is 22.7 Å². The molecule has 0 N–H and O–H groups in total. The second-order valence-electron chi connectivity index (χ2n) is 3.68. The van der Waals surface area contributed by atoms with Gasteiger partial charge < -0.3 is 0 Å². The van der Waals surface area contributed by atoms with Crippen LogP contribution in [0, 0.1) is 0 Å². The zero-order valence-corrected chi connectivity index (χ0v) is 12.1. The first kappa shape index (κ1) is 14.8. The molecule has 0 aliphatic heterocycles. The Kier molecular flexibility index (Phi) is 6.54. The van der Waals surface area contributed by atoms with Crippen molar-refractivity contribution in [3.05, 3.63) is 44.8 Å². The lowest BCUT2D eigenvalue weighted by Crippen LogP contribution is -1.92. The molecule has 2 nitrogen and oxygen atoms in total. The molecule has 0 aliphatic rings. The molecule has 0 atom stereocenters. The first-order chi connectivity index (χ1) is 8.65. The number of hydrogen-bond acceptors (Lipinski definition) is 4. The maximum absolute atomic E-state index is 11.1. The molecule has 0 fully saturated rings. The number of hydrogen-bond donors (Lipinski definition) is 0. The Labute approximate surface area is 115 Å². The molecule has 2 aromatic heterocycles. The molecule has 18 heavy (non-hydrogen) atoms. The average Bonchev–Trinajstić information content (AvgIpc) is 3.04. The summed E-state index contributed by atoms with van der Waals surface area (Å²) in [6, 6.07) is 7.49. The van der Waals surface area contributed by atoms with E-state index in [0.29, 0.717) is 6.42 Å². The van der Waals surface area contributed by atoms with Gasteiger partial charge in [0.1, 0.15) is 0 Å². The van der Waals surface area contributed by atoms with Gasteiger partial charge in [-0.3, -0.25) is 9.59 Å². The topological polar surface area (TPSA) is 34.1 Å². The molecule has 0 unspecified atom stereocenters. The molecule has 2 rings (SSSR count). The van der Waals surface area contributed by atoms with Gasteiger partial charge in [-0.25, -0.2) is 0 Å². The van der Waals surface area contributed by atoms with Crippen molar-refractivity contribution >= 4 is 34.2 Å². The molecule has 0 saturated carbocycles. The average molecular weight is 280 g/mol. The van der Waals surface area contributed by atoms with Crippen LogP contribution < -0.4 is 0 Å². The molecule has 0 aromatic carbocycles. The largest absolute Gasteiger partial charge is 0.294 e. The summed E-state index contributed by atoms with van der Waals surface area (Å²) in [5.41, 5.74) is 0. The van der Waals surface area contributed by atoms with Gasteiger partial charge in [-0.1, -0.05) is 19.1 Å². The van der Waals surface area contributed by atoms with E-state index in [4.69, 9.17) is 0 Å². The third kappa shape index (κ3) is 4.94. The molecule has 0 saturated heterocycles. The minimum absolute atomic E-state index is 0.153. The van der Waals surface area contributed by atoms with Gasteiger partial charge in [0.2, 0.25) is 0 Å². The van der Waals surface area contributed by atoms with Crippen molar-refractivity contribution in [1.29, 1.82) is 0 Å². The second-order valence-corrected chi connectivity index (χ2v) is 5.58. The predicted octanol–water partition coefficient (Wildman–Crippen LogP) is 4.68. The molecular formula is C14H16O2S2. The lowest BCUT2D eigenvalue weighted by atomic mass is 10.2. The van der Waals surface area contributed by atoms with Crippen LogP contribution in [0.4, 0.5) is 0 Å². The highest BCUT2D eigenvalue weighted by Gasteiger charge is 2.03. The first-order valence-electron chi connectivity index (χ1n) is 5.76. The van der Waals surface area contributed by atoms with E-state index in [0.717, 1.165) is 16.2 Å². The van der Waals surface area contributed by atoms with Crippen LogP contribution >= 0.6 is 22.7 Å². The van der Waals surface area contributed by atoms with Gasteiger partial charge in [0, 0.05) is 6.42 Å². The van der Waals surface area contributed by atoms with Gasteiger partial charge in [0.05, 0.1) is 9.75 Å². The highest BCUT2D eigenvalue weighted by atomic mass is 32.1. The number of rotatable bonds is 4. The van der Waals surface area contributed by atoms with E-state index in [2.05, 4.69) is 0 Å². The van der Waals surface area contributed by atoms with E-state index in [1.54, 1.807) is 6.92 Å². The van der Waals surface area contributed by atoms with Gasteiger partial charge in [0.15, 0.2) is 11.6 Å². The summed E-state index contributed by atoms with van der Waals surface area (Å²) in [7, 11) is 0. The quantitative estimate of drug-likeness (QED) is 0.762. The van der Waals surface area contributed by atoms with Crippen molar-refractivity contribution in [3.8, 4) is 0 Å². The fourth-order valence-corrected chi connectivity index (χ4v) is 2.59. The Bertz CT molecular complexity index is 470. The SMILES string of the molecule is CC(=O)c1cccs1.CCCC(=O)c1cccs1. The molecule has 0 radical (unpaired) electrons. The number of carbonyl (C=O) groups excluding carboxylic acids is 2. The highest BCUT2D eigenvalue weighted by Crippen LogP contribution is 2.11. The van der Waals surface area contributed by atoms with Crippen LogP contribution in [0.15, 0.2) is 35.0 Å². The van der Waals surface area contributed by atoms with Gasteiger partial charge >= 0.3 is 0 Å². The number of carbonyl (C=O) groups is 2. The number of thiophene rings is 2. The van der Waals surface area contributed by atoms with Crippen molar-refractivity contribution in [2.24, 2.45) is 0 Å². The monoisotopic (exact) mass is 280 g/mol. The molecular weight excluding hydrogens is 264 g/mol. The van der Waals surface area contributed by atoms with Crippen molar-refractivity contribution in [1.82, 2.24) is 0 Å². The summed E-state index contributed by atoms with van der Waals surface area (Å²) in [5.74, 6) is 0.428. The highest BCUT2D eigenvalue weighted by molar-refractivity contribution is 7.12. The zero-order valence-electron chi connectivity index (χ0n) is 10.5. The lowest BCUT2D eigenvalue weighted by Gasteiger charge is -1.90. The minimum Gasteiger partial charge on any atom is -0.294 e. The molecule has 0 bridgehead atoms. The van der Waals surface area contributed by atoms with Crippen molar-refractivity contribution in [3.63, 3.8) is 0 Å². The normalized spacial score (nSPS) is 9.44. The molecule has 0 amide bonds. The third-order valence-electron chi connectivity index (χ3n) is 2.14. The van der Waals surface area contributed by atoms with Crippen LogP contribution in [-0.4, -0.2) is 11.6 Å². The summed E-state index contributed by atoms with van der Waals surface area (Å²) in [4.78, 5) is 23.4. The van der Waals surface area contributed by atoms with Crippen molar-refractivity contribution in [2.75, 3.05) is 0 Å². The summed E-state index contributed by atoms with van der Waals surface area (Å²) >= 11 is 3.00. The Hall–Kier alpha value is -1.26. The Morgan fingerprint density at radius 3 is 1.94 bits per heavy atom. The van der Waals surface area contributed by atoms with Crippen LogP contribution in [-0.2, 0) is 0 Å². The maximum atomic E-state index is 11.1. The fraction of sp³-hybridized carbons (Fsp3) is 0.286. The van der Waals surface area contributed by atoms with Crippen LogP contribution in [0.3, 0.4) is 0 Å². The van der Waals surface area contributed by atoms with Crippen molar-refractivity contribution in [2.45, 2.75) is 26.7 Å². The molecule has 0 aliphatic carbocycles. The van der Waals surface area contributed by atoms with Crippen LogP contribution in [0.2, 0.25) is 0 Å². The van der Waals surface area contributed by atoms with E-state index in [-0.39, 0.29) is 11.6 Å². The molecule has 4 heteroatoms.